The molecule has 106 valence electrons. The highest BCUT2D eigenvalue weighted by Gasteiger charge is 2.13. The Hall–Kier alpha value is -3.21. The van der Waals surface area contributed by atoms with Crippen LogP contribution in [0.4, 0.5) is 0 Å². The first-order valence-corrected chi connectivity index (χ1v) is 6.90. The van der Waals surface area contributed by atoms with E-state index in [0.29, 0.717) is 17.4 Å². The fourth-order valence-electron chi connectivity index (χ4n) is 2.23. The molecule has 5 heteroatoms. The number of hydrogen-bond acceptors (Lipinski definition) is 4. The third kappa shape index (κ3) is 2.29. The van der Waals surface area contributed by atoms with Crippen LogP contribution in [0.15, 0.2) is 71.3 Å². The molecule has 0 aliphatic heterocycles. The molecule has 2 aromatic carbocycles. The van der Waals surface area contributed by atoms with E-state index in [4.69, 9.17) is 4.52 Å². The highest BCUT2D eigenvalue weighted by molar-refractivity contribution is 5.65. The Morgan fingerprint density at radius 1 is 0.818 bits per heavy atom. The average Bonchev–Trinajstić information content (AvgIpc) is 3.26. The Balaban J connectivity index is 1.66. The molecule has 0 bridgehead atoms. The quantitative estimate of drug-likeness (QED) is 0.622. The standard InChI is InChI=1S/C17H12N4O/c1-3-7-12(8-4-1)14-11-15(20-19-14)17-18-16(21-22-17)13-9-5-2-6-10-13/h1-11H,(H,19,20). The van der Waals surface area contributed by atoms with Gasteiger partial charge in [0.25, 0.3) is 5.89 Å². The Bertz CT molecular complexity index is 805. The minimum Gasteiger partial charge on any atom is -0.332 e. The number of benzene rings is 2. The lowest BCUT2D eigenvalue weighted by atomic mass is 10.1. The second-order valence-electron chi connectivity index (χ2n) is 4.82. The maximum Gasteiger partial charge on any atom is 0.276 e. The van der Waals surface area contributed by atoms with E-state index in [2.05, 4.69) is 20.3 Å². The highest BCUT2D eigenvalue weighted by atomic mass is 16.5. The van der Waals surface area contributed by atoms with Crippen molar-refractivity contribution in [3.8, 4) is 34.2 Å². The van der Waals surface area contributed by atoms with Crippen LogP contribution in [-0.2, 0) is 0 Å². The molecule has 0 radical (unpaired) electrons. The lowest BCUT2D eigenvalue weighted by Gasteiger charge is -1.92. The van der Waals surface area contributed by atoms with Crippen LogP contribution in [0, 0.1) is 0 Å². The van der Waals surface area contributed by atoms with Gasteiger partial charge in [0.15, 0.2) is 0 Å². The maximum absolute atomic E-state index is 5.32. The van der Waals surface area contributed by atoms with Gasteiger partial charge in [0.1, 0.15) is 5.69 Å². The zero-order valence-corrected chi connectivity index (χ0v) is 11.6. The number of H-pyrrole nitrogens is 1. The summed E-state index contributed by atoms with van der Waals surface area (Å²) in [5.74, 6) is 0.986. The van der Waals surface area contributed by atoms with Crippen LogP contribution in [-0.4, -0.2) is 20.3 Å². The zero-order chi connectivity index (χ0) is 14.8. The lowest BCUT2D eigenvalue weighted by molar-refractivity contribution is 0.431. The first-order valence-electron chi connectivity index (χ1n) is 6.90. The van der Waals surface area contributed by atoms with E-state index in [1.54, 1.807) is 0 Å². The molecule has 0 spiro atoms. The van der Waals surface area contributed by atoms with Crippen molar-refractivity contribution < 1.29 is 4.52 Å². The van der Waals surface area contributed by atoms with Gasteiger partial charge in [-0.2, -0.15) is 10.1 Å². The van der Waals surface area contributed by atoms with Gasteiger partial charge in [-0.3, -0.25) is 5.10 Å². The number of nitrogens with zero attached hydrogens (tertiary/aromatic N) is 3. The fourth-order valence-corrected chi connectivity index (χ4v) is 2.23. The largest absolute Gasteiger partial charge is 0.332 e. The smallest absolute Gasteiger partial charge is 0.276 e. The van der Waals surface area contributed by atoms with Gasteiger partial charge in [0, 0.05) is 11.1 Å². The summed E-state index contributed by atoms with van der Waals surface area (Å²) in [5.41, 5.74) is 3.50. The van der Waals surface area contributed by atoms with Gasteiger partial charge in [-0.15, -0.1) is 0 Å². The van der Waals surface area contributed by atoms with Crippen LogP contribution in [0.1, 0.15) is 0 Å². The minimum absolute atomic E-state index is 0.425. The van der Waals surface area contributed by atoms with Crippen LogP contribution in [0.2, 0.25) is 0 Å². The van der Waals surface area contributed by atoms with E-state index in [-0.39, 0.29) is 0 Å². The first kappa shape index (κ1) is 12.5. The summed E-state index contributed by atoms with van der Waals surface area (Å²) < 4.78 is 5.32. The second kappa shape index (κ2) is 5.29. The highest BCUT2D eigenvalue weighted by Crippen LogP contribution is 2.24. The average molecular weight is 288 g/mol. The summed E-state index contributed by atoms with van der Waals surface area (Å²) in [7, 11) is 0. The SMILES string of the molecule is c1ccc(-c2cc(-c3nc(-c4ccccc4)no3)[nH]n2)cc1. The molecule has 0 saturated heterocycles. The van der Waals surface area contributed by atoms with Crippen molar-refractivity contribution in [2.45, 2.75) is 0 Å². The molecule has 0 fully saturated rings. The van der Waals surface area contributed by atoms with Crippen LogP contribution in [0.5, 0.6) is 0 Å². The predicted octanol–water partition coefficient (Wildman–Crippen LogP) is 3.79. The van der Waals surface area contributed by atoms with Gasteiger partial charge < -0.3 is 4.52 Å². The molecule has 4 rings (SSSR count). The van der Waals surface area contributed by atoms with Gasteiger partial charge >= 0.3 is 0 Å². The van der Waals surface area contributed by atoms with E-state index >= 15 is 0 Å². The molecule has 4 aromatic rings. The molecule has 5 nitrogen and oxygen atoms in total. The first-order chi connectivity index (χ1) is 10.9. The summed E-state index contributed by atoms with van der Waals surface area (Å²) in [5, 5.41) is 11.2. The summed E-state index contributed by atoms with van der Waals surface area (Å²) in [6, 6.07) is 21.5. The second-order valence-corrected chi connectivity index (χ2v) is 4.82. The minimum atomic E-state index is 0.425. The third-order valence-corrected chi connectivity index (χ3v) is 3.34. The van der Waals surface area contributed by atoms with Crippen LogP contribution >= 0.6 is 0 Å². The van der Waals surface area contributed by atoms with Crippen molar-refractivity contribution >= 4 is 0 Å². The van der Waals surface area contributed by atoms with Crippen LogP contribution in [0.25, 0.3) is 34.2 Å². The van der Waals surface area contributed by atoms with Crippen molar-refractivity contribution in [2.24, 2.45) is 0 Å². The zero-order valence-electron chi connectivity index (χ0n) is 11.6. The number of aromatic nitrogens is 4. The Morgan fingerprint density at radius 2 is 1.50 bits per heavy atom. The summed E-state index contributed by atoms with van der Waals surface area (Å²) >= 11 is 0. The summed E-state index contributed by atoms with van der Waals surface area (Å²) in [6.07, 6.45) is 0. The van der Waals surface area contributed by atoms with Crippen LogP contribution < -0.4 is 0 Å². The maximum atomic E-state index is 5.32. The van der Waals surface area contributed by atoms with E-state index in [0.717, 1.165) is 16.8 Å². The van der Waals surface area contributed by atoms with Crippen molar-refractivity contribution in [2.75, 3.05) is 0 Å². The Morgan fingerprint density at radius 3 is 2.23 bits per heavy atom. The van der Waals surface area contributed by atoms with Crippen molar-refractivity contribution in [3.63, 3.8) is 0 Å². The van der Waals surface area contributed by atoms with E-state index < -0.39 is 0 Å². The topological polar surface area (TPSA) is 67.6 Å². The molecule has 2 aromatic heterocycles. The molecule has 0 atom stereocenters. The van der Waals surface area contributed by atoms with Gasteiger partial charge in [0.2, 0.25) is 5.82 Å². The van der Waals surface area contributed by atoms with Crippen molar-refractivity contribution in [1.29, 1.82) is 0 Å². The molecular formula is C17H12N4O. The van der Waals surface area contributed by atoms with Gasteiger partial charge in [-0.1, -0.05) is 65.8 Å². The van der Waals surface area contributed by atoms with Gasteiger partial charge in [-0.25, -0.2) is 0 Å². The fraction of sp³-hybridized carbons (Fsp3) is 0. The summed E-state index contributed by atoms with van der Waals surface area (Å²) in [4.78, 5) is 4.41. The molecular weight excluding hydrogens is 276 g/mol. The lowest BCUT2D eigenvalue weighted by Crippen LogP contribution is -1.80. The van der Waals surface area contributed by atoms with Crippen molar-refractivity contribution in [3.05, 3.63) is 66.7 Å². The van der Waals surface area contributed by atoms with E-state index in [1.807, 2.05) is 66.7 Å². The number of nitrogens with one attached hydrogen (secondary N) is 1. The van der Waals surface area contributed by atoms with Gasteiger partial charge in [0.05, 0.1) is 5.69 Å². The van der Waals surface area contributed by atoms with Crippen LogP contribution in [0.3, 0.4) is 0 Å². The Kier molecular flexibility index (Phi) is 3.01. The monoisotopic (exact) mass is 288 g/mol. The molecule has 2 heterocycles. The number of hydrogen-bond donors (Lipinski definition) is 1. The molecule has 0 saturated carbocycles. The van der Waals surface area contributed by atoms with E-state index in [1.165, 1.54) is 0 Å². The molecule has 0 aliphatic carbocycles. The summed E-state index contributed by atoms with van der Waals surface area (Å²) in [6.45, 7) is 0. The molecule has 0 aliphatic rings. The number of rotatable bonds is 3. The van der Waals surface area contributed by atoms with Crippen molar-refractivity contribution in [1.82, 2.24) is 20.3 Å². The van der Waals surface area contributed by atoms with Gasteiger partial charge in [-0.05, 0) is 6.07 Å². The molecule has 0 unspecified atom stereocenters. The number of aromatic amines is 1. The molecule has 0 amide bonds. The third-order valence-electron chi connectivity index (χ3n) is 3.34. The predicted molar refractivity (Wildman–Crippen MR) is 82.8 cm³/mol. The molecule has 1 N–H and O–H groups in total. The van der Waals surface area contributed by atoms with E-state index in [9.17, 15) is 0 Å². The Labute approximate surface area is 126 Å². The normalized spacial score (nSPS) is 10.7. The molecule has 22 heavy (non-hydrogen) atoms.